The minimum absolute atomic E-state index is 0.0126. The molecule has 0 radical (unpaired) electrons. The zero-order chi connectivity index (χ0) is 14.9. The van der Waals surface area contributed by atoms with E-state index >= 15 is 0 Å². The van der Waals surface area contributed by atoms with Crippen LogP contribution in [-0.2, 0) is 16.0 Å². The standard InChI is InChI=1S/C14H15F2NO3/c1-8-6-17(7-11(8)14(19)20)13(18)5-9-4-10(15)2-3-12(9)16/h2-4,8,11H,5-7H2,1H3,(H,19,20)/t8-,11-/m1/s1. The van der Waals surface area contributed by atoms with E-state index in [0.29, 0.717) is 6.54 Å². The molecule has 1 aliphatic heterocycles. The Morgan fingerprint density at radius 3 is 2.65 bits per heavy atom. The molecule has 0 bridgehead atoms. The van der Waals surface area contributed by atoms with Gasteiger partial charge in [-0.2, -0.15) is 0 Å². The Balaban J connectivity index is 2.06. The summed E-state index contributed by atoms with van der Waals surface area (Å²) in [6, 6.07) is 2.95. The third-order valence-corrected chi connectivity index (χ3v) is 3.63. The van der Waals surface area contributed by atoms with Crippen LogP contribution in [0.15, 0.2) is 18.2 Å². The lowest BCUT2D eigenvalue weighted by molar-refractivity contribution is -0.142. The van der Waals surface area contributed by atoms with E-state index in [9.17, 15) is 18.4 Å². The monoisotopic (exact) mass is 283 g/mol. The van der Waals surface area contributed by atoms with Gasteiger partial charge in [0.15, 0.2) is 0 Å². The number of carbonyl (C=O) groups excluding carboxylic acids is 1. The molecule has 20 heavy (non-hydrogen) atoms. The first-order valence-electron chi connectivity index (χ1n) is 6.33. The summed E-state index contributed by atoms with van der Waals surface area (Å²) in [5, 5.41) is 9.01. The van der Waals surface area contributed by atoms with E-state index in [1.165, 1.54) is 4.90 Å². The van der Waals surface area contributed by atoms with Gasteiger partial charge < -0.3 is 10.0 Å². The molecule has 0 aromatic heterocycles. The molecule has 6 heteroatoms. The van der Waals surface area contributed by atoms with Gasteiger partial charge in [0.05, 0.1) is 12.3 Å². The predicted octanol–water partition coefficient (Wildman–Crippen LogP) is 1.69. The highest BCUT2D eigenvalue weighted by atomic mass is 19.1. The molecule has 1 heterocycles. The molecule has 108 valence electrons. The van der Waals surface area contributed by atoms with Crippen LogP contribution in [0.1, 0.15) is 12.5 Å². The number of hydrogen-bond acceptors (Lipinski definition) is 2. The van der Waals surface area contributed by atoms with Crippen LogP contribution in [0.5, 0.6) is 0 Å². The molecule has 1 aromatic carbocycles. The summed E-state index contributed by atoms with van der Waals surface area (Å²) in [6.07, 6.45) is -0.261. The van der Waals surface area contributed by atoms with Crippen molar-refractivity contribution in [3.8, 4) is 0 Å². The fourth-order valence-corrected chi connectivity index (χ4v) is 2.45. The summed E-state index contributed by atoms with van der Waals surface area (Å²) in [4.78, 5) is 24.4. The Kier molecular flexibility index (Phi) is 4.01. The zero-order valence-corrected chi connectivity index (χ0v) is 11.0. The van der Waals surface area contributed by atoms with Crippen LogP contribution in [-0.4, -0.2) is 35.0 Å². The average molecular weight is 283 g/mol. The first-order valence-corrected chi connectivity index (χ1v) is 6.33. The van der Waals surface area contributed by atoms with Crippen molar-refractivity contribution in [2.75, 3.05) is 13.1 Å². The smallest absolute Gasteiger partial charge is 0.308 e. The summed E-state index contributed by atoms with van der Waals surface area (Å²) in [5.74, 6) is -3.31. The number of nitrogens with zero attached hydrogens (tertiary/aromatic N) is 1. The largest absolute Gasteiger partial charge is 0.481 e. The van der Waals surface area contributed by atoms with Gasteiger partial charge in [-0.1, -0.05) is 6.92 Å². The Hall–Kier alpha value is -1.98. The molecule has 0 saturated carbocycles. The highest BCUT2D eigenvalue weighted by molar-refractivity contribution is 5.81. The second-order valence-electron chi connectivity index (χ2n) is 5.13. The van der Waals surface area contributed by atoms with E-state index in [1.54, 1.807) is 6.92 Å². The van der Waals surface area contributed by atoms with Crippen LogP contribution in [0.4, 0.5) is 8.78 Å². The van der Waals surface area contributed by atoms with Crippen molar-refractivity contribution < 1.29 is 23.5 Å². The number of rotatable bonds is 3. The first kappa shape index (κ1) is 14.4. The normalized spacial score (nSPS) is 22.1. The van der Waals surface area contributed by atoms with Crippen molar-refractivity contribution in [1.82, 2.24) is 4.90 Å². The van der Waals surface area contributed by atoms with Crippen molar-refractivity contribution in [3.05, 3.63) is 35.4 Å². The lowest BCUT2D eigenvalue weighted by Gasteiger charge is -2.16. The molecule has 2 atom stereocenters. The molecule has 1 aromatic rings. The molecule has 1 saturated heterocycles. The van der Waals surface area contributed by atoms with E-state index in [4.69, 9.17) is 5.11 Å². The number of carbonyl (C=O) groups is 2. The van der Waals surface area contributed by atoms with Gasteiger partial charge in [-0.25, -0.2) is 8.78 Å². The molecule has 1 N–H and O–H groups in total. The minimum atomic E-state index is -0.940. The minimum Gasteiger partial charge on any atom is -0.481 e. The van der Waals surface area contributed by atoms with Gasteiger partial charge in [-0.15, -0.1) is 0 Å². The number of carboxylic acid groups (broad SMARTS) is 1. The molecular formula is C14H15F2NO3. The van der Waals surface area contributed by atoms with Crippen LogP contribution >= 0.6 is 0 Å². The Morgan fingerprint density at radius 1 is 1.35 bits per heavy atom. The second-order valence-corrected chi connectivity index (χ2v) is 5.13. The van der Waals surface area contributed by atoms with E-state index in [-0.39, 0.29) is 30.4 Å². The van der Waals surface area contributed by atoms with Gasteiger partial charge >= 0.3 is 5.97 Å². The van der Waals surface area contributed by atoms with Crippen molar-refractivity contribution in [1.29, 1.82) is 0 Å². The van der Waals surface area contributed by atoms with Crippen molar-refractivity contribution in [2.24, 2.45) is 11.8 Å². The topological polar surface area (TPSA) is 57.6 Å². The molecule has 2 rings (SSSR count). The number of likely N-dealkylation sites (tertiary alicyclic amines) is 1. The summed E-state index contributed by atoms with van der Waals surface area (Å²) >= 11 is 0. The number of benzene rings is 1. The maximum atomic E-state index is 13.5. The van der Waals surface area contributed by atoms with Gasteiger partial charge in [-0.3, -0.25) is 9.59 Å². The molecular weight excluding hydrogens is 268 g/mol. The predicted molar refractivity (Wildman–Crippen MR) is 66.9 cm³/mol. The fourth-order valence-electron chi connectivity index (χ4n) is 2.45. The maximum Gasteiger partial charge on any atom is 0.308 e. The zero-order valence-electron chi connectivity index (χ0n) is 11.0. The molecule has 0 spiro atoms. The number of amides is 1. The Morgan fingerprint density at radius 2 is 2.05 bits per heavy atom. The number of carboxylic acids is 1. The Labute approximate surface area is 115 Å². The van der Waals surface area contributed by atoms with Crippen molar-refractivity contribution in [2.45, 2.75) is 13.3 Å². The lowest BCUT2D eigenvalue weighted by Crippen LogP contribution is -2.31. The van der Waals surface area contributed by atoms with Crippen LogP contribution in [0.25, 0.3) is 0 Å². The fraction of sp³-hybridized carbons (Fsp3) is 0.429. The van der Waals surface area contributed by atoms with Gasteiger partial charge in [-0.05, 0) is 24.1 Å². The van der Waals surface area contributed by atoms with E-state index in [1.807, 2.05) is 0 Å². The summed E-state index contributed by atoms with van der Waals surface area (Å²) < 4.78 is 26.5. The molecule has 1 aliphatic rings. The Bertz CT molecular complexity index is 547. The number of hydrogen-bond donors (Lipinski definition) is 1. The number of aliphatic carboxylic acids is 1. The van der Waals surface area contributed by atoms with Crippen LogP contribution in [0, 0.1) is 23.5 Å². The quantitative estimate of drug-likeness (QED) is 0.918. The molecule has 1 fully saturated rings. The first-order chi connectivity index (χ1) is 9.38. The third kappa shape index (κ3) is 2.95. The number of halogens is 2. The third-order valence-electron chi connectivity index (χ3n) is 3.63. The SMILES string of the molecule is C[C@@H]1CN(C(=O)Cc2cc(F)ccc2F)C[C@H]1C(=O)O. The maximum absolute atomic E-state index is 13.5. The lowest BCUT2D eigenvalue weighted by atomic mass is 9.99. The summed E-state index contributed by atoms with van der Waals surface area (Å²) in [7, 11) is 0. The van der Waals surface area contributed by atoms with Gasteiger partial charge in [0, 0.05) is 18.7 Å². The second kappa shape index (κ2) is 5.56. The molecule has 0 aliphatic carbocycles. The van der Waals surface area contributed by atoms with Crippen molar-refractivity contribution >= 4 is 11.9 Å². The van der Waals surface area contributed by atoms with Crippen molar-refractivity contribution in [3.63, 3.8) is 0 Å². The van der Waals surface area contributed by atoms with Crippen LogP contribution < -0.4 is 0 Å². The highest BCUT2D eigenvalue weighted by Gasteiger charge is 2.36. The molecule has 0 unspecified atom stereocenters. The summed E-state index contributed by atoms with van der Waals surface area (Å²) in [5.41, 5.74) is -0.0126. The molecule has 1 amide bonds. The summed E-state index contributed by atoms with van der Waals surface area (Å²) in [6.45, 7) is 2.20. The van der Waals surface area contributed by atoms with Crippen LogP contribution in [0.2, 0.25) is 0 Å². The van der Waals surface area contributed by atoms with E-state index in [0.717, 1.165) is 18.2 Å². The average Bonchev–Trinajstić information content (AvgIpc) is 2.76. The van der Waals surface area contributed by atoms with Gasteiger partial charge in [0.25, 0.3) is 0 Å². The van der Waals surface area contributed by atoms with Crippen LogP contribution in [0.3, 0.4) is 0 Å². The molecule has 4 nitrogen and oxygen atoms in total. The van der Waals surface area contributed by atoms with E-state index in [2.05, 4.69) is 0 Å². The highest BCUT2D eigenvalue weighted by Crippen LogP contribution is 2.24. The van der Waals surface area contributed by atoms with Gasteiger partial charge in [0.2, 0.25) is 5.91 Å². The van der Waals surface area contributed by atoms with E-state index < -0.39 is 23.5 Å². The van der Waals surface area contributed by atoms with Gasteiger partial charge in [0.1, 0.15) is 11.6 Å².